The minimum atomic E-state index is -0.0686. The Balaban J connectivity index is 1.33. The molecule has 8 rings (SSSR count). The van der Waals surface area contributed by atoms with Gasteiger partial charge in [-0.15, -0.1) is 0 Å². The van der Waals surface area contributed by atoms with Crippen LogP contribution in [0.3, 0.4) is 0 Å². The van der Waals surface area contributed by atoms with Crippen molar-refractivity contribution in [2.75, 3.05) is 0 Å². The van der Waals surface area contributed by atoms with E-state index >= 15 is 0 Å². The van der Waals surface area contributed by atoms with Crippen LogP contribution in [0.25, 0.3) is 66.2 Å². The molecule has 1 heterocycles. The molecule has 0 N–H and O–H groups in total. The maximum Gasteiger partial charge on any atom is 0.0714 e. The van der Waals surface area contributed by atoms with Gasteiger partial charge >= 0.3 is 0 Å². The van der Waals surface area contributed by atoms with Crippen molar-refractivity contribution in [3.63, 3.8) is 0 Å². The highest BCUT2D eigenvalue weighted by atomic mass is 14.7. The third-order valence-corrected chi connectivity index (χ3v) is 8.90. The van der Waals surface area contributed by atoms with Crippen LogP contribution in [0.5, 0.6) is 0 Å². The predicted octanol–water partition coefficient (Wildman–Crippen LogP) is 10.7. The van der Waals surface area contributed by atoms with Gasteiger partial charge in [0.15, 0.2) is 0 Å². The van der Waals surface area contributed by atoms with E-state index in [4.69, 9.17) is 4.98 Å². The first-order valence-electron chi connectivity index (χ1n) is 14.3. The van der Waals surface area contributed by atoms with Gasteiger partial charge in [-0.25, -0.2) is 0 Å². The predicted molar refractivity (Wildman–Crippen MR) is 173 cm³/mol. The maximum absolute atomic E-state index is 5.15. The molecule has 7 aromatic rings. The quantitative estimate of drug-likeness (QED) is 0.210. The smallest absolute Gasteiger partial charge is 0.0714 e. The van der Waals surface area contributed by atoms with Crippen molar-refractivity contribution < 1.29 is 0 Å². The Morgan fingerprint density at radius 2 is 1.00 bits per heavy atom. The van der Waals surface area contributed by atoms with E-state index < -0.39 is 0 Å². The Kier molecular flexibility index (Phi) is 5.24. The van der Waals surface area contributed by atoms with Crippen LogP contribution in [0.1, 0.15) is 25.0 Å². The molecular weight excluding hydrogens is 494 g/mol. The zero-order chi connectivity index (χ0) is 27.6. The number of rotatable bonds is 3. The second-order valence-electron chi connectivity index (χ2n) is 11.5. The molecule has 0 unspecified atom stereocenters. The van der Waals surface area contributed by atoms with E-state index in [9.17, 15) is 0 Å². The monoisotopic (exact) mass is 523 g/mol. The van der Waals surface area contributed by atoms with E-state index in [1.54, 1.807) is 0 Å². The fraction of sp³-hybridized carbons (Fsp3) is 0.0750. The lowest BCUT2D eigenvalue weighted by molar-refractivity contribution is 0.662. The molecule has 0 spiro atoms. The average Bonchev–Trinajstić information content (AvgIpc) is 3.27. The van der Waals surface area contributed by atoms with Crippen molar-refractivity contribution in [1.29, 1.82) is 0 Å². The Labute approximate surface area is 240 Å². The highest BCUT2D eigenvalue weighted by Gasteiger charge is 2.37. The summed E-state index contributed by atoms with van der Waals surface area (Å²) in [5.41, 5.74) is 12.5. The Morgan fingerprint density at radius 3 is 1.66 bits per heavy atom. The lowest BCUT2D eigenvalue weighted by atomic mass is 9.79. The van der Waals surface area contributed by atoms with Gasteiger partial charge < -0.3 is 0 Å². The highest BCUT2D eigenvalue weighted by molar-refractivity contribution is 6.21. The molecule has 0 atom stereocenters. The molecule has 0 aliphatic heterocycles. The molecule has 194 valence electrons. The normalized spacial score (nSPS) is 13.3. The molecule has 0 saturated carbocycles. The average molecular weight is 524 g/mol. The number of hydrogen-bond acceptors (Lipinski definition) is 1. The Bertz CT molecular complexity index is 2040. The summed E-state index contributed by atoms with van der Waals surface area (Å²) in [5, 5.41) is 4.95. The van der Waals surface area contributed by atoms with E-state index in [0.717, 1.165) is 11.3 Å². The van der Waals surface area contributed by atoms with Crippen molar-refractivity contribution in [3.8, 4) is 44.6 Å². The SMILES string of the molecule is CC1(C)c2ccccc2-c2cccc(-c3ccc(-c4c5ccccc5c(-c5ccccc5)c5ccccc45)nc3)c21. The van der Waals surface area contributed by atoms with Crippen LogP contribution >= 0.6 is 0 Å². The van der Waals surface area contributed by atoms with Gasteiger partial charge in [-0.1, -0.05) is 141 Å². The number of benzene rings is 6. The minimum absolute atomic E-state index is 0.0686. The lowest BCUT2D eigenvalue weighted by Crippen LogP contribution is -2.16. The van der Waals surface area contributed by atoms with Gasteiger partial charge in [0.05, 0.1) is 5.69 Å². The minimum Gasteiger partial charge on any atom is -0.256 e. The number of hydrogen-bond donors (Lipinski definition) is 0. The first-order valence-corrected chi connectivity index (χ1v) is 14.3. The number of fused-ring (bicyclic) bond motifs is 5. The molecule has 41 heavy (non-hydrogen) atoms. The van der Waals surface area contributed by atoms with Crippen LogP contribution in [-0.4, -0.2) is 4.98 Å². The molecule has 0 amide bonds. The van der Waals surface area contributed by atoms with E-state index in [1.807, 2.05) is 0 Å². The van der Waals surface area contributed by atoms with E-state index in [1.165, 1.54) is 66.1 Å². The summed E-state index contributed by atoms with van der Waals surface area (Å²) < 4.78 is 0. The van der Waals surface area contributed by atoms with Crippen molar-refractivity contribution in [3.05, 3.63) is 151 Å². The standard InChI is InChI=1S/C40H29N/c1-40(2)35-22-11-10-15-29(35)34-21-12-20-28(39(34)40)27-23-24-36(41-25-27)38-32-18-8-6-16-30(32)37(26-13-4-3-5-14-26)31-17-7-9-19-33(31)38/h3-25H,1-2H3. The van der Waals surface area contributed by atoms with Crippen molar-refractivity contribution in [1.82, 2.24) is 4.98 Å². The maximum atomic E-state index is 5.15. The summed E-state index contributed by atoms with van der Waals surface area (Å²) >= 11 is 0. The first kappa shape index (κ1) is 23.8. The van der Waals surface area contributed by atoms with E-state index in [-0.39, 0.29) is 5.41 Å². The fourth-order valence-electron chi connectivity index (χ4n) is 7.11. The third-order valence-electron chi connectivity index (χ3n) is 8.90. The van der Waals surface area contributed by atoms with Gasteiger partial charge in [-0.2, -0.15) is 0 Å². The molecule has 0 saturated heterocycles. The highest BCUT2D eigenvalue weighted by Crippen LogP contribution is 2.52. The second-order valence-corrected chi connectivity index (χ2v) is 11.5. The molecule has 6 aromatic carbocycles. The molecule has 0 radical (unpaired) electrons. The zero-order valence-electron chi connectivity index (χ0n) is 23.2. The summed E-state index contributed by atoms with van der Waals surface area (Å²) in [4.78, 5) is 5.15. The summed E-state index contributed by atoms with van der Waals surface area (Å²) in [6.07, 6.45) is 2.07. The number of pyridine rings is 1. The molecule has 1 heteroatoms. The van der Waals surface area contributed by atoms with Gasteiger partial charge in [0.1, 0.15) is 0 Å². The van der Waals surface area contributed by atoms with Gasteiger partial charge in [0.25, 0.3) is 0 Å². The number of aromatic nitrogens is 1. The Hall–Kier alpha value is -5.01. The fourth-order valence-corrected chi connectivity index (χ4v) is 7.11. The summed E-state index contributed by atoms with van der Waals surface area (Å²) in [6, 6.07) is 48.2. The topological polar surface area (TPSA) is 12.9 Å². The van der Waals surface area contributed by atoms with Gasteiger partial charge in [-0.05, 0) is 66.6 Å². The molecule has 1 aromatic heterocycles. The molecular formula is C40H29N. The molecule has 0 fully saturated rings. The summed E-state index contributed by atoms with van der Waals surface area (Å²) in [7, 11) is 0. The molecule has 1 nitrogen and oxygen atoms in total. The van der Waals surface area contributed by atoms with Crippen LogP contribution in [0.2, 0.25) is 0 Å². The van der Waals surface area contributed by atoms with Gasteiger partial charge in [0, 0.05) is 22.7 Å². The van der Waals surface area contributed by atoms with Crippen molar-refractivity contribution >= 4 is 21.5 Å². The largest absolute Gasteiger partial charge is 0.256 e. The van der Waals surface area contributed by atoms with E-state index in [0.29, 0.717) is 0 Å². The van der Waals surface area contributed by atoms with E-state index in [2.05, 4.69) is 154 Å². The molecule has 1 aliphatic carbocycles. The summed E-state index contributed by atoms with van der Waals surface area (Å²) in [5.74, 6) is 0. The number of nitrogens with zero attached hydrogens (tertiary/aromatic N) is 1. The van der Waals surface area contributed by atoms with Gasteiger partial charge in [-0.3, -0.25) is 4.98 Å². The Morgan fingerprint density at radius 1 is 0.439 bits per heavy atom. The second kappa shape index (κ2) is 9.01. The molecule has 1 aliphatic rings. The lowest BCUT2D eigenvalue weighted by Gasteiger charge is -2.24. The van der Waals surface area contributed by atoms with Crippen LogP contribution in [0.15, 0.2) is 140 Å². The van der Waals surface area contributed by atoms with Crippen LogP contribution in [0.4, 0.5) is 0 Å². The zero-order valence-corrected chi connectivity index (χ0v) is 23.2. The van der Waals surface area contributed by atoms with Crippen molar-refractivity contribution in [2.45, 2.75) is 19.3 Å². The van der Waals surface area contributed by atoms with Crippen LogP contribution < -0.4 is 0 Å². The third kappa shape index (κ3) is 3.52. The first-order chi connectivity index (χ1) is 20.1. The van der Waals surface area contributed by atoms with Crippen molar-refractivity contribution in [2.24, 2.45) is 0 Å². The molecule has 0 bridgehead atoms. The summed E-state index contributed by atoms with van der Waals surface area (Å²) in [6.45, 7) is 4.69. The van der Waals surface area contributed by atoms with Gasteiger partial charge in [0.2, 0.25) is 0 Å². The van der Waals surface area contributed by atoms with Crippen LogP contribution in [0, 0.1) is 0 Å². The van der Waals surface area contributed by atoms with Crippen LogP contribution in [-0.2, 0) is 5.41 Å².